The van der Waals surface area contributed by atoms with E-state index in [2.05, 4.69) is 20.6 Å². The first-order valence-corrected chi connectivity index (χ1v) is 15.0. The monoisotopic (exact) mass is 632 g/mol. The maximum atomic E-state index is 13.0. The number of ether oxygens (including phenoxy) is 1. The quantitative estimate of drug-likeness (QED) is 0.153. The molecule has 43 heavy (non-hydrogen) atoms. The van der Waals surface area contributed by atoms with Crippen molar-refractivity contribution in [1.29, 1.82) is 0 Å². The normalized spacial score (nSPS) is 11.7. The molecule has 0 bridgehead atoms. The molecular formula is C30H28ClF3N4O4S. The highest BCUT2D eigenvalue weighted by molar-refractivity contribution is 7.90. The Morgan fingerprint density at radius 1 is 0.953 bits per heavy atom. The molecule has 0 saturated heterocycles. The summed E-state index contributed by atoms with van der Waals surface area (Å²) < 4.78 is 73.1. The van der Waals surface area contributed by atoms with E-state index in [1.807, 2.05) is 30.3 Å². The second-order valence-corrected chi connectivity index (χ2v) is 11.9. The Morgan fingerprint density at radius 3 is 2.49 bits per heavy atom. The number of aromatic nitrogens is 2. The van der Waals surface area contributed by atoms with E-state index >= 15 is 0 Å². The standard InChI is InChI=1S/C30H27F3N4O4S.ClH/c1-42(38,39)14-13-34-17-25-10-12-28(41-25)21-5-11-27-26(16-21)29(36-19-35-27)37-23-6-8-24(9-7-23)40-18-20-3-2-4-22(15-20)30(31,32)33;/h2-12,15-16,19,34H,13-14,17-18H2,1H3,(H,35,36,37);1H. The predicted molar refractivity (Wildman–Crippen MR) is 161 cm³/mol. The topological polar surface area (TPSA) is 106 Å². The molecule has 226 valence electrons. The fourth-order valence-corrected chi connectivity index (χ4v) is 4.70. The minimum atomic E-state index is -4.41. The third-order valence-corrected chi connectivity index (χ3v) is 7.25. The molecule has 2 N–H and O–H groups in total. The molecule has 0 radical (unpaired) electrons. The van der Waals surface area contributed by atoms with Crippen molar-refractivity contribution in [2.24, 2.45) is 0 Å². The average molecular weight is 633 g/mol. The summed E-state index contributed by atoms with van der Waals surface area (Å²) in [5.41, 5.74) is 1.98. The molecule has 8 nitrogen and oxygen atoms in total. The van der Waals surface area contributed by atoms with E-state index in [4.69, 9.17) is 9.15 Å². The highest BCUT2D eigenvalue weighted by Gasteiger charge is 2.30. The Morgan fingerprint density at radius 2 is 1.74 bits per heavy atom. The third kappa shape index (κ3) is 8.69. The van der Waals surface area contributed by atoms with Crippen LogP contribution < -0.4 is 15.4 Å². The van der Waals surface area contributed by atoms with Crippen LogP contribution in [0.5, 0.6) is 5.75 Å². The van der Waals surface area contributed by atoms with Crippen LogP contribution in [-0.4, -0.2) is 36.9 Å². The Bertz CT molecular complexity index is 1800. The fraction of sp³-hybridized carbons (Fsp3) is 0.200. The first kappa shape index (κ1) is 31.8. The Labute approximate surface area is 252 Å². The van der Waals surface area contributed by atoms with Crippen LogP contribution in [0.3, 0.4) is 0 Å². The van der Waals surface area contributed by atoms with Gasteiger partial charge in [-0.25, -0.2) is 18.4 Å². The van der Waals surface area contributed by atoms with Gasteiger partial charge in [0, 0.05) is 29.4 Å². The van der Waals surface area contributed by atoms with Gasteiger partial charge in [-0.3, -0.25) is 0 Å². The van der Waals surface area contributed by atoms with Gasteiger partial charge >= 0.3 is 6.18 Å². The Kier molecular flexibility index (Phi) is 9.95. The van der Waals surface area contributed by atoms with Gasteiger partial charge < -0.3 is 19.8 Å². The fourth-order valence-electron chi connectivity index (χ4n) is 4.18. The van der Waals surface area contributed by atoms with E-state index in [0.717, 1.165) is 34.3 Å². The number of halogens is 4. The van der Waals surface area contributed by atoms with Gasteiger partial charge in [0.05, 0.1) is 23.4 Å². The zero-order valence-electron chi connectivity index (χ0n) is 22.9. The maximum Gasteiger partial charge on any atom is 0.416 e. The first-order chi connectivity index (χ1) is 20.0. The zero-order chi connectivity index (χ0) is 29.7. The number of benzene rings is 3. The van der Waals surface area contributed by atoms with Crippen molar-refractivity contribution in [3.63, 3.8) is 0 Å². The molecule has 3 aromatic carbocycles. The van der Waals surface area contributed by atoms with E-state index in [1.54, 1.807) is 30.3 Å². The van der Waals surface area contributed by atoms with Crippen molar-refractivity contribution in [2.75, 3.05) is 23.9 Å². The number of nitrogens with zero attached hydrogens (tertiary/aromatic N) is 2. The largest absolute Gasteiger partial charge is 0.489 e. The first-order valence-electron chi connectivity index (χ1n) is 12.9. The second-order valence-electron chi connectivity index (χ2n) is 9.66. The minimum Gasteiger partial charge on any atom is -0.489 e. The molecule has 0 fully saturated rings. The van der Waals surface area contributed by atoms with Crippen molar-refractivity contribution in [3.8, 4) is 17.1 Å². The van der Waals surface area contributed by atoms with Crippen molar-refractivity contribution in [1.82, 2.24) is 15.3 Å². The van der Waals surface area contributed by atoms with Crippen LogP contribution in [0.4, 0.5) is 24.7 Å². The molecule has 0 amide bonds. The van der Waals surface area contributed by atoms with Crippen molar-refractivity contribution in [3.05, 3.63) is 102 Å². The van der Waals surface area contributed by atoms with E-state index in [-0.39, 0.29) is 24.8 Å². The molecule has 2 aromatic heterocycles. The van der Waals surface area contributed by atoms with Gasteiger partial charge in [0.1, 0.15) is 45.9 Å². The number of rotatable bonds is 11. The lowest BCUT2D eigenvalue weighted by Gasteiger charge is -2.12. The molecule has 0 atom stereocenters. The molecule has 0 aliphatic carbocycles. The molecule has 0 aliphatic rings. The van der Waals surface area contributed by atoms with Crippen LogP contribution >= 0.6 is 12.4 Å². The van der Waals surface area contributed by atoms with Gasteiger partial charge in [-0.05, 0) is 72.3 Å². The van der Waals surface area contributed by atoms with E-state index < -0.39 is 21.6 Å². The highest BCUT2D eigenvalue weighted by Crippen LogP contribution is 2.31. The Hall–Kier alpha value is -4.13. The number of fused-ring (bicyclic) bond motifs is 1. The number of nitrogens with one attached hydrogen (secondary N) is 2. The summed E-state index contributed by atoms with van der Waals surface area (Å²) in [4.78, 5) is 8.75. The number of hydrogen-bond donors (Lipinski definition) is 2. The Balaban J connectivity index is 0.00000423. The summed E-state index contributed by atoms with van der Waals surface area (Å²) in [7, 11) is -3.03. The lowest BCUT2D eigenvalue weighted by molar-refractivity contribution is -0.137. The third-order valence-electron chi connectivity index (χ3n) is 6.31. The van der Waals surface area contributed by atoms with Gasteiger partial charge in [-0.2, -0.15) is 13.2 Å². The van der Waals surface area contributed by atoms with Crippen molar-refractivity contribution in [2.45, 2.75) is 19.3 Å². The van der Waals surface area contributed by atoms with Gasteiger partial charge in [0.2, 0.25) is 0 Å². The van der Waals surface area contributed by atoms with Crippen LogP contribution in [0.1, 0.15) is 16.9 Å². The molecule has 0 aliphatic heterocycles. The number of hydrogen-bond acceptors (Lipinski definition) is 8. The smallest absolute Gasteiger partial charge is 0.416 e. The van der Waals surface area contributed by atoms with Gasteiger partial charge in [-0.1, -0.05) is 12.1 Å². The molecule has 13 heteroatoms. The van der Waals surface area contributed by atoms with Gasteiger partial charge in [0.25, 0.3) is 0 Å². The number of alkyl halides is 3. The van der Waals surface area contributed by atoms with E-state index in [9.17, 15) is 21.6 Å². The van der Waals surface area contributed by atoms with Gasteiger partial charge in [0.15, 0.2) is 0 Å². The van der Waals surface area contributed by atoms with Crippen LogP contribution in [0.2, 0.25) is 0 Å². The van der Waals surface area contributed by atoms with Crippen molar-refractivity contribution >= 4 is 44.7 Å². The lowest BCUT2D eigenvalue weighted by atomic mass is 10.1. The van der Waals surface area contributed by atoms with E-state index in [0.29, 0.717) is 41.7 Å². The molecule has 5 rings (SSSR count). The van der Waals surface area contributed by atoms with Crippen LogP contribution in [0.15, 0.2) is 89.6 Å². The molecular weight excluding hydrogens is 605 g/mol. The van der Waals surface area contributed by atoms with Crippen molar-refractivity contribution < 1.29 is 30.7 Å². The number of sulfone groups is 1. The zero-order valence-corrected chi connectivity index (χ0v) is 24.5. The second kappa shape index (κ2) is 13.4. The van der Waals surface area contributed by atoms with Crippen LogP contribution in [0, 0.1) is 0 Å². The summed E-state index contributed by atoms with van der Waals surface area (Å²) in [6.45, 7) is 0.736. The number of furan rings is 1. The number of anilines is 2. The van der Waals surface area contributed by atoms with Crippen LogP contribution in [0.25, 0.3) is 22.2 Å². The highest BCUT2D eigenvalue weighted by atomic mass is 35.5. The lowest BCUT2D eigenvalue weighted by Crippen LogP contribution is -2.21. The summed E-state index contributed by atoms with van der Waals surface area (Å²) in [6.07, 6.45) is -1.75. The summed E-state index contributed by atoms with van der Waals surface area (Å²) in [6, 6.07) is 21.4. The van der Waals surface area contributed by atoms with Crippen LogP contribution in [-0.2, 0) is 29.2 Å². The molecule has 0 saturated carbocycles. The molecule has 5 aromatic rings. The molecule has 0 unspecified atom stereocenters. The summed E-state index contributed by atoms with van der Waals surface area (Å²) in [5, 5.41) is 7.11. The van der Waals surface area contributed by atoms with E-state index in [1.165, 1.54) is 18.6 Å². The minimum absolute atomic E-state index is 0. The average Bonchev–Trinajstić information content (AvgIpc) is 3.43. The molecule has 2 heterocycles. The predicted octanol–water partition coefficient (Wildman–Crippen LogP) is 6.79. The van der Waals surface area contributed by atoms with Gasteiger partial charge in [-0.15, -0.1) is 12.4 Å². The molecule has 0 spiro atoms. The SMILES string of the molecule is CS(=O)(=O)CCNCc1ccc(-c2ccc3ncnc(Nc4ccc(OCc5cccc(C(F)(F)F)c5)cc4)c3c2)o1.Cl. The maximum absolute atomic E-state index is 13.0. The summed E-state index contributed by atoms with van der Waals surface area (Å²) in [5.74, 6) is 2.46. The summed E-state index contributed by atoms with van der Waals surface area (Å²) >= 11 is 0.